The van der Waals surface area contributed by atoms with Crippen LogP contribution in [0.2, 0.25) is 0 Å². The van der Waals surface area contributed by atoms with Crippen molar-refractivity contribution < 1.29 is 22.7 Å². The third-order valence-electron chi connectivity index (χ3n) is 5.52. The summed E-state index contributed by atoms with van der Waals surface area (Å²) < 4.78 is 46.8. The zero-order valence-electron chi connectivity index (χ0n) is 19.9. The molecule has 0 bridgehead atoms. The molecule has 0 aliphatic carbocycles. The number of ether oxygens (including phenoxy) is 1. The number of amides is 1. The van der Waals surface area contributed by atoms with Gasteiger partial charge in [-0.15, -0.1) is 5.10 Å². The first-order valence-electron chi connectivity index (χ1n) is 11.1. The van der Waals surface area contributed by atoms with Gasteiger partial charge in [-0.25, -0.2) is 9.48 Å². The van der Waals surface area contributed by atoms with E-state index >= 15 is 0 Å². The maximum absolute atomic E-state index is 13.5. The number of nitriles is 2. The number of anilines is 3. The lowest BCUT2D eigenvalue weighted by molar-refractivity contribution is -0.137. The fraction of sp³-hybridized carbons (Fsp3) is 0.240. The second-order valence-corrected chi connectivity index (χ2v) is 8.39. The summed E-state index contributed by atoms with van der Waals surface area (Å²) >= 11 is 0. The van der Waals surface area contributed by atoms with Crippen molar-refractivity contribution >= 4 is 23.7 Å². The molecule has 0 fully saturated rings. The van der Waals surface area contributed by atoms with Crippen LogP contribution < -0.4 is 10.2 Å². The Morgan fingerprint density at radius 1 is 1.14 bits per heavy atom. The van der Waals surface area contributed by atoms with Crippen molar-refractivity contribution in [3.05, 3.63) is 76.5 Å². The van der Waals surface area contributed by atoms with Gasteiger partial charge in [-0.05, 0) is 56.7 Å². The van der Waals surface area contributed by atoms with E-state index in [9.17, 15) is 23.2 Å². The minimum atomic E-state index is -4.59. The molecule has 1 aliphatic rings. The molecule has 4 rings (SSSR count). The summed E-state index contributed by atoms with van der Waals surface area (Å²) in [4.78, 5) is 17.9. The second-order valence-electron chi connectivity index (χ2n) is 8.39. The van der Waals surface area contributed by atoms with Gasteiger partial charge in [0.05, 0.1) is 34.9 Å². The van der Waals surface area contributed by atoms with E-state index in [4.69, 9.17) is 10.00 Å². The molecule has 1 N–H and O–H groups in total. The fourth-order valence-corrected chi connectivity index (χ4v) is 3.94. The Hall–Kier alpha value is -4.84. The molecule has 0 spiro atoms. The molecule has 1 atom stereocenters. The van der Waals surface area contributed by atoms with Crippen LogP contribution in [0.15, 0.2) is 59.8 Å². The van der Waals surface area contributed by atoms with E-state index in [1.165, 1.54) is 21.7 Å². The number of fused-ring (bicyclic) bond motifs is 1. The van der Waals surface area contributed by atoms with E-state index in [0.29, 0.717) is 16.8 Å². The number of carbonyl (C=O) groups is 1. The number of allylic oxidation sites excluding steroid dienone is 2. The van der Waals surface area contributed by atoms with Gasteiger partial charge in [0.1, 0.15) is 6.04 Å². The highest BCUT2D eigenvalue weighted by Crippen LogP contribution is 2.43. The highest BCUT2D eigenvalue weighted by atomic mass is 19.4. The van der Waals surface area contributed by atoms with E-state index in [-0.39, 0.29) is 23.2 Å². The van der Waals surface area contributed by atoms with Gasteiger partial charge < -0.3 is 4.74 Å². The molecular formula is C25H20F3N7O2. The highest BCUT2D eigenvalue weighted by molar-refractivity contribution is 5.83. The molecule has 1 aliphatic heterocycles. The van der Waals surface area contributed by atoms with Crippen molar-refractivity contribution in [3.8, 4) is 12.1 Å². The third kappa shape index (κ3) is 4.95. The zero-order valence-corrected chi connectivity index (χ0v) is 19.9. The van der Waals surface area contributed by atoms with Crippen LogP contribution in [0.1, 0.15) is 43.5 Å². The summed E-state index contributed by atoms with van der Waals surface area (Å²) in [7, 11) is 0. The quantitative estimate of drug-likeness (QED) is 0.483. The summed E-state index contributed by atoms with van der Waals surface area (Å²) in [6.45, 7) is 4.91. The van der Waals surface area contributed by atoms with Gasteiger partial charge in [-0.2, -0.15) is 28.7 Å². The maximum atomic E-state index is 13.5. The van der Waals surface area contributed by atoms with E-state index in [2.05, 4.69) is 21.5 Å². The van der Waals surface area contributed by atoms with E-state index < -0.39 is 30.0 Å². The molecular weight excluding hydrogens is 487 g/mol. The molecule has 3 aromatic rings. The normalized spacial score (nSPS) is 15.2. The van der Waals surface area contributed by atoms with Gasteiger partial charge >= 0.3 is 12.3 Å². The van der Waals surface area contributed by atoms with Crippen molar-refractivity contribution in [1.82, 2.24) is 14.8 Å². The number of benzene rings is 2. The summed E-state index contributed by atoms with van der Waals surface area (Å²) in [5, 5.41) is 26.0. The van der Waals surface area contributed by atoms with Crippen LogP contribution in [0.5, 0.6) is 0 Å². The summed E-state index contributed by atoms with van der Waals surface area (Å²) in [6.07, 6.45) is -5.82. The molecule has 1 aromatic heterocycles. The van der Waals surface area contributed by atoms with Crippen LogP contribution in [0.3, 0.4) is 0 Å². The van der Waals surface area contributed by atoms with Crippen LogP contribution in [0.4, 0.5) is 35.5 Å². The van der Waals surface area contributed by atoms with Gasteiger partial charge in [0, 0.05) is 11.4 Å². The number of alkyl halides is 3. The standard InChI is InChI=1S/C25H20F3N7O2/c1-14(2)37-24(36)32-22-31-23-34(19-6-4-5-18(11-19)25(26,27)28)15(3)20(13-30)21(35(23)33-22)17-9-7-16(12-29)8-10-17/h4-11,14,21H,1-3H3,(H,32,33,36)/t21-/m1/s1. The number of carbonyl (C=O) groups excluding carboxylic acids is 1. The van der Waals surface area contributed by atoms with Crippen LogP contribution >= 0.6 is 0 Å². The van der Waals surface area contributed by atoms with Crippen molar-refractivity contribution in [3.63, 3.8) is 0 Å². The maximum Gasteiger partial charge on any atom is 0.416 e. The molecule has 188 valence electrons. The Bertz CT molecular complexity index is 1460. The van der Waals surface area contributed by atoms with Crippen molar-refractivity contribution in [1.29, 1.82) is 10.5 Å². The summed E-state index contributed by atoms with van der Waals surface area (Å²) in [5.41, 5.74) is 0.727. The van der Waals surface area contributed by atoms with Crippen LogP contribution in [0, 0.1) is 22.7 Å². The molecule has 0 unspecified atom stereocenters. The van der Waals surface area contributed by atoms with Crippen molar-refractivity contribution in [2.24, 2.45) is 0 Å². The van der Waals surface area contributed by atoms with Gasteiger partial charge in [-0.1, -0.05) is 18.2 Å². The fourth-order valence-electron chi connectivity index (χ4n) is 3.94. The first kappa shape index (κ1) is 25.3. The number of rotatable bonds is 4. The van der Waals surface area contributed by atoms with Gasteiger partial charge in [0.15, 0.2) is 0 Å². The SMILES string of the molecule is CC1=C(C#N)[C@@H](c2ccc(C#N)cc2)n2nc(NC(=O)OC(C)C)nc2N1c1cccc(C(F)(F)F)c1. The smallest absolute Gasteiger partial charge is 0.416 e. The minimum absolute atomic E-state index is 0.0741. The number of hydrogen-bond donors (Lipinski definition) is 1. The Kier molecular flexibility index (Phi) is 6.60. The van der Waals surface area contributed by atoms with Gasteiger partial charge in [0.2, 0.25) is 5.95 Å². The topological polar surface area (TPSA) is 120 Å². The predicted molar refractivity (Wildman–Crippen MR) is 126 cm³/mol. The molecule has 2 heterocycles. The average Bonchev–Trinajstić information content (AvgIpc) is 3.24. The molecule has 2 aromatic carbocycles. The Morgan fingerprint density at radius 3 is 2.43 bits per heavy atom. The molecule has 9 nitrogen and oxygen atoms in total. The molecule has 0 saturated carbocycles. The first-order valence-corrected chi connectivity index (χ1v) is 11.1. The van der Waals surface area contributed by atoms with Crippen LogP contribution in [-0.4, -0.2) is 27.0 Å². The number of hydrogen-bond acceptors (Lipinski definition) is 7. The Labute approximate surface area is 210 Å². The first-order chi connectivity index (χ1) is 17.5. The number of aromatic nitrogens is 3. The largest absolute Gasteiger partial charge is 0.447 e. The summed E-state index contributed by atoms with van der Waals surface area (Å²) in [6, 6.07) is 14.4. The van der Waals surface area contributed by atoms with Crippen molar-refractivity contribution in [2.75, 3.05) is 10.2 Å². The van der Waals surface area contributed by atoms with Gasteiger partial charge in [-0.3, -0.25) is 10.2 Å². The molecule has 0 saturated heterocycles. The monoisotopic (exact) mass is 507 g/mol. The van der Waals surface area contributed by atoms with Crippen LogP contribution in [-0.2, 0) is 10.9 Å². The number of nitrogens with one attached hydrogen (secondary N) is 1. The second kappa shape index (κ2) is 9.66. The molecule has 0 radical (unpaired) electrons. The van der Waals surface area contributed by atoms with Crippen molar-refractivity contribution in [2.45, 2.75) is 39.1 Å². The average molecular weight is 507 g/mol. The Balaban J connectivity index is 1.90. The minimum Gasteiger partial charge on any atom is -0.447 e. The number of nitrogens with zero attached hydrogens (tertiary/aromatic N) is 6. The lowest BCUT2D eigenvalue weighted by Gasteiger charge is -2.34. The summed E-state index contributed by atoms with van der Waals surface area (Å²) in [5.74, 6) is -0.0895. The molecule has 37 heavy (non-hydrogen) atoms. The number of halogens is 3. The van der Waals surface area contributed by atoms with Gasteiger partial charge in [0.25, 0.3) is 5.95 Å². The van der Waals surface area contributed by atoms with E-state index in [1.54, 1.807) is 45.0 Å². The third-order valence-corrected chi connectivity index (χ3v) is 5.52. The van der Waals surface area contributed by atoms with Crippen LogP contribution in [0.25, 0.3) is 0 Å². The lowest BCUT2D eigenvalue weighted by Crippen LogP contribution is -2.31. The predicted octanol–water partition coefficient (Wildman–Crippen LogP) is 5.66. The highest BCUT2D eigenvalue weighted by Gasteiger charge is 2.37. The lowest BCUT2D eigenvalue weighted by atomic mass is 9.95. The molecule has 1 amide bonds. The van der Waals surface area contributed by atoms with E-state index in [1.807, 2.05) is 6.07 Å². The van der Waals surface area contributed by atoms with E-state index in [0.717, 1.165) is 12.1 Å². The molecule has 12 heteroatoms. The Morgan fingerprint density at radius 2 is 1.84 bits per heavy atom. The zero-order chi connectivity index (χ0) is 26.9.